The fourth-order valence-electron chi connectivity index (χ4n) is 7.45. The first-order valence-corrected chi connectivity index (χ1v) is 16.1. The van der Waals surface area contributed by atoms with Gasteiger partial charge < -0.3 is 0 Å². The highest BCUT2D eigenvalue weighted by Crippen LogP contribution is 2.46. The summed E-state index contributed by atoms with van der Waals surface area (Å²) >= 11 is 0. The van der Waals surface area contributed by atoms with Crippen LogP contribution in [0.2, 0.25) is 0 Å². The Hall–Kier alpha value is -6.50. The molecule has 0 radical (unpaired) electrons. The lowest BCUT2D eigenvalue weighted by Gasteiger charge is -2.19. The van der Waals surface area contributed by atoms with Crippen LogP contribution in [0, 0.1) is 0 Å². The Bertz CT molecular complexity index is 3950. The van der Waals surface area contributed by atoms with E-state index in [2.05, 4.69) is 0 Å². The zero-order valence-electron chi connectivity index (χ0n) is 42.1. The maximum absolute atomic E-state index is 10.3. The van der Waals surface area contributed by atoms with Gasteiger partial charge in [0.1, 0.15) is 0 Å². The Morgan fingerprint density at radius 2 is 0.880 bits per heavy atom. The molecule has 0 heterocycles. The van der Waals surface area contributed by atoms with E-state index < -0.39 is 102 Å². The number of rotatable bonds is 4. The molecule has 0 saturated heterocycles. The molecular weight excluding hydrogens is 601 g/mol. The van der Waals surface area contributed by atoms with E-state index in [1.807, 2.05) is 48.5 Å². The summed E-state index contributed by atoms with van der Waals surface area (Å²) in [6.45, 7) is 0. The highest BCUT2D eigenvalue weighted by molar-refractivity contribution is 6.27. The van der Waals surface area contributed by atoms with Crippen molar-refractivity contribution in [1.29, 1.82) is 0 Å². The second kappa shape index (κ2) is 10.5. The second-order valence-electron chi connectivity index (χ2n) is 12.3. The van der Waals surface area contributed by atoms with Crippen LogP contribution in [-0.4, -0.2) is 0 Å². The zero-order chi connectivity index (χ0) is 46.7. The van der Waals surface area contributed by atoms with Gasteiger partial charge in [-0.3, -0.25) is 0 Å². The number of hydrogen-bond donors (Lipinski definition) is 0. The minimum atomic E-state index is -0.666. The third-order valence-electron chi connectivity index (χ3n) is 9.67. The summed E-state index contributed by atoms with van der Waals surface area (Å²) < 4.78 is 149. The molecular formula is C50H30. The lowest BCUT2D eigenvalue weighted by molar-refractivity contribution is 1.57. The SMILES string of the molecule is [2H]c1c([2H])c([2H])c(-c2ccc3ccc4cccc5ccc2c3c45)c(-c2c([2H])c([2H])c(-c3ccccc3)c(-c3c([2H])c([2H])c4c([2H])c([2H])c5c([2H])c([2H])c([2H])c6c([2H])c([2H])c3c4c56)c2[2H])c1[2H]. The number of benzene rings is 11. The average Bonchev–Trinajstić information content (AvgIpc) is 3.31. The Morgan fingerprint density at radius 3 is 1.70 bits per heavy atom. The van der Waals surface area contributed by atoms with Crippen LogP contribution in [0.5, 0.6) is 0 Å². The van der Waals surface area contributed by atoms with Gasteiger partial charge >= 0.3 is 0 Å². The van der Waals surface area contributed by atoms with Crippen molar-refractivity contribution in [2.24, 2.45) is 0 Å². The molecule has 11 aromatic rings. The third kappa shape index (κ3) is 3.94. The van der Waals surface area contributed by atoms with Crippen LogP contribution in [0.4, 0.5) is 0 Å². The standard InChI is InChI=1S/C50H30/c1-2-8-31(9-3-1)40-25-24-38(30-46(40)43-27-21-37-19-17-33-11-7-13-35-23-29-45(43)50(37)48(33)35)39-14-4-5-15-41(39)42-26-20-36-18-16-32-10-6-12-34-22-28-44(42)49(36)47(32)34/h1-30H/i4D,5D,7D,11D,13D,14D,15D,17D,19D,21D,23D,24D,25D,27D,29D,30D. The van der Waals surface area contributed by atoms with Crippen LogP contribution in [0.15, 0.2) is 182 Å². The molecule has 0 heteroatoms. The largest absolute Gasteiger partial charge is 0.0636 e. The van der Waals surface area contributed by atoms with Crippen molar-refractivity contribution < 1.29 is 21.9 Å². The minimum Gasteiger partial charge on any atom is -0.0622 e. The van der Waals surface area contributed by atoms with Crippen molar-refractivity contribution >= 4 is 64.6 Å². The fraction of sp³-hybridized carbons (Fsp3) is 0. The van der Waals surface area contributed by atoms with Gasteiger partial charge in [0.15, 0.2) is 0 Å². The van der Waals surface area contributed by atoms with Gasteiger partial charge in [0.25, 0.3) is 0 Å². The van der Waals surface area contributed by atoms with Crippen molar-refractivity contribution in [3.05, 3.63) is 182 Å². The summed E-state index contributed by atoms with van der Waals surface area (Å²) in [6, 6.07) is 16.1. The predicted molar refractivity (Wildman–Crippen MR) is 216 cm³/mol. The topological polar surface area (TPSA) is 0 Å². The van der Waals surface area contributed by atoms with Crippen LogP contribution >= 0.6 is 0 Å². The van der Waals surface area contributed by atoms with Crippen molar-refractivity contribution in [1.82, 2.24) is 0 Å². The van der Waals surface area contributed by atoms with Crippen molar-refractivity contribution in [2.75, 3.05) is 0 Å². The minimum absolute atomic E-state index is 0.0463. The molecule has 0 fully saturated rings. The van der Waals surface area contributed by atoms with Gasteiger partial charge in [-0.15, -0.1) is 0 Å². The molecule has 0 aliphatic heterocycles. The zero-order valence-corrected chi connectivity index (χ0v) is 26.1. The Labute approximate surface area is 312 Å². The molecule has 0 amide bonds. The van der Waals surface area contributed by atoms with Crippen LogP contribution in [0.25, 0.3) is 109 Å². The molecule has 0 unspecified atom stereocenters. The van der Waals surface area contributed by atoms with Crippen LogP contribution < -0.4 is 0 Å². The molecule has 230 valence electrons. The van der Waals surface area contributed by atoms with Crippen LogP contribution in [-0.2, 0) is 0 Å². The molecule has 11 aromatic carbocycles. The van der Waals surface area contributed by atoms with E-state index in [4.69, 9.17) is 9.60 Å². The molecule has 0 aliphatic carbocycles. The van der Waals surface area contributed by atoms with Crippen LogP contribution in [0.1, 0.15) is 21.9 Å². The van der Waals surface area contributed by atoms with Gasteiger partial charge in [-0.25, -0.2) is 0 Å². The molecule has 11 rings (SSSR count). The van der Waals surface area contributed by atoms with E-state index in [9.17, 15) is 12.3 Å². The summed E-state index contributed by atoms with van der Waals surface area (Å²) in [7, 11) is 0. The summed E-state index contributed by atoms with van der Waals surface area (Å²) in [4.78, 5) is 0. The predicted octanol–water partition coefficient (Wildman–Crippen LogP) is 14.1. The van der Waals surface area contributed by atoms with E-state index in [-0.39, 0.29) is 65.7 Å². The lowest BCUT2D eigenvalue weighted by atomic mass is 9.84. The van der Waals surface area contributed by atoms with Gasteiger partial charge in [-0.2, -0.15) is 0 Å². The molecule has 0 saturated carbocycles. The van der Waals surface area contributed by atoms with E-state index in [0.717, 1.165) is 26.9 Å². The molecule has 0 aliphatic rings. The Morgan fingerprint density at radius 1 is 0.280 bits per heavy atom. The molecule has 0 atom stereocenters. The molecule has 0 bridgehead atoms. The maximum atomic E-state index is 10.3. The van der Waals surface area contributed by atoms with Crippen molar-refractivity contribution in [2.45, 2.75) is 0 Å². The highest BCUT2D eigenvalue weighted by Gasteiger charge is 2.19. The third-order valence-corrected chi connectivity index (χ3v) is 9.67. The lowest BCUT2D eigenvalue weighted by Crippen LogP contribution is -1.92. The molecule has 0 spiro atoms. The monoisotopic (exact) mass is 646 g/mol. The summed E-state index contributed by atoms with van der Waals surface area (Å²) in [5.74, 6) is 0. The van der Waals surface area contributed by atoms with E-state index in [1.165, 1.54) is 0 Å². The smallest absolute Gasteiger partial charge is 0.0622 e. The van der Waals surface area contributed by atoms with E-state index in [1.54, 1.807) is 36.4 Å². The molecule has 50 heavy (non-hydrogen) atoms. The molecule has 0 nitrogen and oxygen atoms in total. The summed E-state index contributed by atoms with van der Waals surface area (Å²) in [5, 5.41) is 3.89. The van der Waals surface area contributed by atoms with Gasteiger partial charge in [0.05, 0.1) is 21.9 Å². The van der Waals surface area contributed by atoms with E-state index >= 15 is 0 Å². The van der Waals surface area contributed by atoms with Crippen molar-refractivity contribution in [3.8, 4) is 44.5 Å². The average molecular weight is 647 g/mol. The highest BCUT2D eigenvalue weighted by atomic mass is 14.2. The Kier molecular flexibility index (Phi) is 3.42. The molecule has 0 N–H and O–H groups in total. The van der Waals surface area contributed by atoms with Gasteiger partial charge in [-0.05, 0) is 115 Å². The fourth-order valence-corrected chi connectivity index (χ4v) is 7.45. The van der Waals surface area contributed by atoms with Gasteiger partial charge in [0.2, 0.25) is 0 Å². The number of hydrogen-bond acceptors (Lipinski definition) is 0. The second-order valence-corrected chi connectivity index (χ2v) is 12.3. The first-order valence-electron chi connectivity index (χ1n) is 24.1. The molecule has 0 aromatic heterocycles. The van der Waals surface area contributed by atoms with Gasteiger partial charge in [0, 0.05) is 0 Å². The maximum Gasteiger partial charge on any atom is 0.0636 e. The normalized spacial score (nSPS) is 16.5. The van der Waals surface area contributed by atoms with Gasteiger partial charge in [-0.1, -0.05) is 176 Å². The van der Waals surface area contributed by atoms with Crippen molar-refractivity contribution in [3.63, 3.8) is 0 Å². The van der Waals surface area contributed by atoms with Crippen LogP contribution in [0.3, 0.4) is 0 Å². The first-order chi connectivity index (χ1) is 31.5. The summed E-state index contributed by atoms with van der Waals surface area (Å²) in [5.41, 5.74) is -0.742. The Balaban J connectivity index is 1.36. The van der Waals surface area contributed by atoms with E-state index in [0.29, 0.717) is 10.9 Å². The summed E-state index contributed by atoms with van der Waals surface area (Å²) in [6.07, 6.45) is 0. The quantitative estimate of drug-likeness (QED) is 0.167. The first kappa shape index (κ1) is 16.3.